The molecule has 0 amide bonds. The smallest absolute Gasteiger partial charge is 0.463 e. The number of aliphatic hydroxyl groups excluding tert-OH is 2. The summed E-state index contributed by atoms with van der Waals surface area (Å²) >= 11 is 0. The van der Waals surface area contributed by atoms with Crippen molar-refractivity contribution < 1.29 is 75.8 Å². The number of carbonyl (C=O) groups is 3. The Morgan fingerprint density at radius 2 is 0.461 bits per heavy atom. The fraction of sp³-hybridized carbons (Fsp3) is 0.680. The maximum atomic E-state index is 13.0. The van der Waals surface area contributed by atoms with E-state index in [1.54, 1.807) is 0 Å². The van der Waals surface area contributed by atoms with Gasteiger partial charge in [-0.3, -0.25) is 32.5 Å². The summed E-state index contributed by atoms with van der Waals surface area (Å²) in [5, 5.41) is 20.7. The lowest BCUT2D eigenvalue weighted by atomic mass is 10.0. The van der Waals surface area contributed by atoms with E-state index in [9.17, 15) is 43.5 Å². The molecule has 0 saturated carbocycles. The average Bonchev–Trinajstić information content (AvgIpc) is 0.920. The SMILES string of the molecule is CC/C=C\C/C=C\C/C=C\C/C=C\C/C=C\C/C=C\CCCCCCCCC(=O)OCC(COP(=O)(O)OCC(O)COP(=O)(O)OCC(O)COC(=O)CCCCCCCCCCCCCCCCCCCCC/C=C\C/C=C\C/C=C\C/C=C\C/C=C\CC)OC(=O)CCCCCCCC/C=C\C/C=C\C/C=C\CCCCC. The Hall–Kier alpha value is -5.09. The third-order valence-corrected chi connectivity index (χ3v) is 20.8. The van der Waals surface area contributed by atoms with Crippen LogP contribution in [-0.4, -0.2) is 95.9 Å². The summed E-state index contributed by atoms with van der Waals surface area (Å²) < 4.78 is 61.4. The predicted molar refractivity (Wildman–Crippen MR) is 482 cm³/mol. The van der Waals surface area contributed by atoms with Crippen LogP contribution in [0.2, 0.25) is 0 Å². The third-order valence-electron chi connectivity index (χ3n) is 18.9. The van der Waals surface area contributed by atoms with E-state index in [4.69, 9.17) is 32.3 Å². The van der Waals surface area contributed by atoms with Gasteiger partial charge in [-0.15, -0.1) is 0 Å². The first kappa shape index (κ1) is 110. The number of hydrogen-bond donors (Lipinski definition) is 4. The second-order valence-electron chi connectivity index (χ2n) is 30.0. The van der Waals surface area contributed by atoms with Crippen molar-refractivity contribution in [2.24, 2.45) is 0 Å². The first-order valence-electron chi connectivity index (χ1n) is 45.4. The molecule has 658 valence electrons. The number of esters is 3. The molecule has 0 radical (unpaired) electrons. The number of rotatable bonds is 85. The Bertz CT molecular complexity index is 2770. The monoisotopic (exact) mass is 1650 g/mol. The molecular formula is C97H164O16P2. The van der Waals surface area contributed by atoms with E-state index < -0.39 is 91.5 Å². The lowest BCUT2D eigenvalue weighted by Crippen LogP contribution is -2.30. The van der Waals surface area contributed by atoms with Crippen LogP contribution in [0.3, 0.4) is 0 Å². The normalized spacial score (nSPS) is 14.6. The van der Waals surface area contributed by atoms with Gasteiger partial charge in [-0.2, -0.15) is 0 Å². The second kappa shape index (κ2) is 88.2. The van der Waals surface area contributed by atoms with Crippen molar-refractivity contribution in [3.05, 3.63) is 170 Å². The zero-order chi connectivity index (χ0) is 83.6. The zero-order valence-electron chi connectivity index (χ0n) is 72.4. The highest BCUT2D eigenvalue weighted by atomic mass is 31.2. The number of ether oxygens (including phenoxy) is 3. The highest BCUT2D eigenvalue weighted by Gasteiger charge is 2.29. The molecule has 115 heavy (non-hydrogen) atoms. The van der Waals surface area contributed by atoms with Gasteiger partial charge in [0.2, 0.25) is 0 Å². The summed E-state index contributed by atoms with van der Waals surface area (Å²) in [7, 11) is -9.82. The lowest BCUT2D eigenvalue weighted by Gasteiger charge is -2.21. The molecule has 0 aliphatic rings. The number of unbranched alkanes of at least 4 members (excludes halogenated alkanes) is 34. The van der Waals surface area contributed by atoms with E-state index in [1.807, 2.05) is 0 Å². The van der Waals surface area contributed by atoms with Crippen LogP contribution in [0, 0.1) is 0 Å². The predicted octanol–water partition coefficient (Wildman–Crippen LogP) is 27.9. The number of aliphatic hydroxyl groups is 2. The maximum Gasteiger partial charge on any atom is 0.472 e. The van der Waals surface area contributed by atoms with Crippen LogP contribution in [0.5, 0.6) is 0 Å². The molecule has 4 N–H and O–H groups in total. The fourth-order valence-corrected chi connectivity index (χ4v) is 13.7. The summed E-state index contributed by atoms with van der Waals surface area (Å²) in [6, 6.07) is 0. The van der Waals surface area contributed by atoms with E-state index in [0.717, 1.165) is 186 Å². The molecular weight excluding hydrogens is 1480 g/mol. The molecule has 5 atom stereocenters. The Balaban J connectivity index is 4.52. The van der Waals surface area contributed by atoms with Crippen LogP contribution in [-0.2, 0) is 55.8 Å². The topological polar surface area (TPSA) is 231 Å². The molecule has 0 aromatic rings. The average molecular weight is 1650 g/mol. The quantitative estimate of drug-likeness (QED) is 0.0146. The minimum absolute atomic E-state index is 0.0820. The first-order valence-corrected chi connectivity index (χ1v) is 48.4. The summed E-state index contributed by atoms with van der Waals surface area (Å²) in [6.45, 7) is 2.43. The van der Waals surface area contributed by atoms with Gasteiger partial charge in [-0.05, 0) is 154 Å². The van der Waals surface area contributed by atoms with Crippen molar-refractivity contribution in [2.75, 3.05) is 39.6 Å². The van der Waals surface area contributed by atoms with Crippen LogP contribution in [0.1, 0.15) is 367 Å². The number of phosphoric acid groups is 2. The molecule has 0 spiro atoms. The van der Waals surface area contributed by atoms with E-state index in [2.05, 4.69) is 191 Å². The molecule has 16 nitrogen and oxygen atoms in total. The molecule has 5 unspecified atom stereocenters. The van der Waals surface area contributed by atoms with Gasteiger partial charge >= 0.3 is 33.6 Å². The van der Waals surface area contributed by atoms with Gasteiger partial charge < -0.3 is 34.2 Å². The molecule has 0 aromatic heterocycles. The minimum atomic E-state index is -4.95. The van der Waals surface area contributed by atoms with Gasteiger partial charge in [0.15, 0.2) is 6.10 Å². The highest BCUT2D eigenvalue weighted by molar-refractivity contribution is 7.47. The molecule has 0 aromatic carbocycles. The summed E-state index contributed by atoms with van der Waals surface area (Å²) in [4.78, 5) is 58.9. The van der Waals surface area contributed by atoms with Crippen molar-refractivity contribution in [2.45, 2.75) is 386 Å². The van der Waals surface area contributed by atoms with Crippen LogP contribution in [0.25, 0.3) is 0 Å². The van der Waals surface area contributed by atoms with Crippen LogP contribution in [0.15, 0.2) is 170 Å². The fourth-order valence-electron chi connectivity index (χ4n) is 12.1. The first-order chi connectivity index (χ1) is 56.2. The van der Waals surface area contributed by atoms with Crippen molar-refractivity contribution in [1.82, 2.24) is 0 Å². The van der Waals surface area contributed by atoms with E-state index in [1.165, 1.54) is 122 Å². The van der Waals surface area contributed by atoms with Crippen molar-refractivity contribution >= 4 is 33.6 Å². The van der Waals surface area contributed by atoms with Crippen molar-refractivity contribution in [1.29, 1.82) is 0 Å². The molecule has 0 fully saturated rings. The van der Waals surface area contributed by atoms with Gasteiger partial charge in [0.05, 0.1) is 26.4 Å². The lowest BCUT2D eigenvalue weighted by molar-refractivity contribution is -0.161. The van der Waals surface area contributed by atoms with E-state index in [-0.39, 0.29) is 19.3 Å². The second-order valence-corrected chi connectivity index (χ2v) is 32.9. The molecule has 0 aliphatic heterocycles. The summed E-state index contributed by atoms with van der Waals surface area (Å²) in [5.74, 6) is -1.60. The largest absolute Gasteiger partial charge is 0.472 e. The Morgan fingerprint density at radius 1 is 0.252 bits per heavy atom. The molecule has 0 rings (SSSR count). The maximum absolute atomic E-state index is 13.0. The number of phosphoric ester groups is 2. The Morgan fingerprint density at radius 3 is 0.730 bits per heavy atom. The summed E-state index contributed by atoms with van der Waals surface area (Å²) in [6.07, 6.45) is 114. The third kappa shape index (κ3) is 89.5. The van der Waals surface area contributed by atoms with Crippen molar-refractivity contribution in [3.8, 4) is 0 Å². The number of carbonyl (C=O) groups excluding carboxylic acids is 3. The van der Waals surface area contributed by atoms with Gasteiger partial charge in [-0.1, -0.05) is 364 Å². The molecule has 18 heteroatoms. The molecule has 0 aliphatic carbocycles. The zero-order valence-corrected chi connectivity index (χ0v) is 74.2. The highest BCUT2D eigenvalue weighted by Crippen LogP contribution is 2.45. The van der Waals surface area contributed by atoms with Gasteiger partial charge in [-0.25, -0.2) is 9.13 Å². The van der Waals surface area contributed by atoms with Gasteiger partial charge in [0.25, 0.3) is 0 Å². The Labute approximate surface area is 701 Å². The van der Waals surface area contributed by atoms with Gasteiger partial charge in [0, 0.05) is 19.3 Å². The molecule has 0 bridgehead atoms. The molecule has 0 heterocycles. The van der Waals surface area contributed by atoms with Gasteiger partial charge in [0.1, 0.15) is 25.4 Å². The van der Waals surface area contributed by atoms with Crippen molar-refractivity contribution in [3.63, 3.8) is 0 Å². The van der Waals surface area contributed by atoms with Crippen LogP contribution >= 0.6 is 15.6 Å². The summed E-state index contributed by atoms with van der Waals surface area (Å²) in [5.41, 5.74) is 0. The van der Waals surface area contributed by atoms with E-state index >= 15 is 0 Å². The number of hydrogen-bond acceptors (Lipinski definition) is 14. The minimum Gasteiger partial charge on any atom is -0.463 e. The standard InChI is InChI=1S/C97H164O16P2/c1-4-7-10-13-16-19-22-25-28-31-34-36-38-40-41-42-43-44-45-46-47-48-49-51-53-54-57-59-62-65-68-71-74-77-80-83-95(100)107-86-92(98)87-109-114(103,104)110-88-93(99)89-111-115(105,106)112-91-94(113-97(102)85-82-79-76-73-70-67-64-61-56-33-30-27-24-21-18-15-12-9-6-3)90-108-96(101)84-81-78-75-72-69-66-63-60-58-55-52-50-39-37-35-32-29-26-23-20-17-14-11-8-5-2/h7-8,10-11,16-21,25-30,34-37,40-41,50,52,56,58,60-61,92-94,98-99H,4-6,9,12-15,22-24,31-33,38-39,42-49,51,53-55,57,59,62-91H2,1-3H3,(H,103,104)(H,105,106)/b10-7-,11-8-,19-16-,20-17-,21-18-,28-25-,29-26-,30-27-,36-34-,37-35-,41-40-,52-50-,60-58-,61-56-. The van der Waals surface area contributed by atoms with Crippen LogP contribution < -0.4 is 0 Å². The van der Waals surface area contributed by atoms with Crippen LogP contribution in [0.4, 0.5) is 0 Å². The Kier molecular flexibility index (Phi) is 84.3. The number of allylic oxidation sites excluding steroid dienone is 28. The molecule has 0 saturated heterocycles. The van der Waals surface area contributed by atoms with E-state index in [0.29, 0.717) is 19.3 Å².